The van der Waals surface area contributed by atoms with Gasteiger partial charge in [-0.25, -0.2) is 9.97 Å². The van der Waals surface area contributed by atoms with Crippen molar-refractivity contribution in [3.05, 3.63) is 35.9 Å². The van der Waals surface area contributed by atoms with Crippen LogP contribution in [0.15, 0.2) is 39.3 Å². The standard InChI is InChI=1S/C10H7N3OS/c1-7-2-3-8(6-11)9(13-7)15-10-12-4-5-14-10/h2-5H,1H3. The van der Waals surface area contributed by atoms with Crippen molar-refractivity contribution in [1.82, 2.24) is 9.97 Å². The van der Waals surface area contributed by atoms with E-state index in [4.69, 9.17) is 9.68 Å². The predicted molar refractivity (Wildman–Crippen MR) is 54.3 cm³/mol. The van der Waals surface area contributed by atoms with E-state index < -0.39 is 0 Å². The number of rotatable bonds is 2. The molecule has 2 rings (SSSR count). The molecule has 2 aromatic heterocycles. The van der Waals surface area contributed by atoms with Gasteiger partial charge in [-0.3, -0.25) is 0 Å². The molecule has 74 valence electrons. The molecule has 0 aliphatic carbocycles. The average Bonchev–Trinajstić information content (AvgIpc) is 2.71. The van der Waals surface area contributed by atoms with Crippen LogP contribution in [0.2, 0.25) is 0 Å². The molecule has 0 unspecified atom stereocenters. The van der Waals surface area contributed by atoms with E-state index >= 15 is 0 Å². The number of pyridine rings is 1. The Kier molecular flexibility index (Phi) is 2.70. The molecule has 0 saturated carbocycles. The molecular weight excluding hydrogens is 210 g/mol. The summed E-state index contributed by atoms with van der Waals surface area (Å²) in [4.78, 5) is 8.22. The van der Waals surface area contributed by atoms with Gasteiger partial charge in [-0.1, -0.05) is 0 Å². The fraction of sp³-hybridized carbons (Fsp3) is 0.100. The number of hydrogen-bond donors (Lipinski definition) is 0. The molecule has 4 nitrogen and oxygen atoms in total. The van der Waals surface area contributed by atoms with Crippen LogP contribution in [-0.2, 0) is 0 Å². The molecule has 0 spiro atoms. The highest BCUT2D eigenvalue weighted by atomic mass is 32.2. The molecule has 2 aromatic rings. The van der Waals surface area contributed by atoms with E-state index in [2.05, 4.69) is 16.0 Å². The maximum absolute atomic E-state index is 8.88. The summed E-state index contributed by atoms with van der Waals surface area (Å²) in [5, 5.41) is 10.00. The minimum Gasteiger partial charge on any atom is -0.440 e. The molecule has 0 amide bonds. The minimum absolute atomic E-state index is 0.490. The number of aryl methyl sites for hydroxylation is 1. The summed E-state index contributed by atoms with van der Waals surface area (Å²) in [5.74, 6) is 0. The highest BCUT2D eigenvalue weighted by molar-refractivity contribution is 7.99. The second kappa shape index (κ2) is 4.15. The molecule has 0 radical (unpaired) electrons. The van der Waals surface area contributed by atoms with Gasteiger partial charge in [-0.05, 0) is 30.8 Å². The Morgan fingerprint density at radius 3 is 3.00 bits per heavy atom. The monoisotopic (exact) mass is 217 g/mol. The van der Waals surface area contributed by atoms with E-state index in [0.717, 1.165) is 5.69 Å². The van der Waals surface area contributed by atoms with Gasteiger partial charge in [-0.15, -0.1) is 0 Å². The highest BCUT2D eigenvalue weighted by Gasteiger charge is 2.08. The van der Waals surface area contributed by atoms with Gasteiger partial charge in [-0.2, -0.15) is 5.26 Å². The zero-order valence-electron chi connectivity index (χ0n) is 7.97. The Morgan fingerprint density at radius 1 is 1.47 bits per heavy atom. The molecule has 0 atom stereocenters. The van der Waals surface area contributed by atoms with Crippen molar-refractivity contribution in [2.45, 2.75) is 17.2 Å². The summed E-state index contributed by atoms with van der Waals surface area (Å²) in [7, 11) is 0. The fourth-order valence-corrected chi connectivity index (χ4v) is 1.84. The number of hydrogen-bond acceptors (Lipinski definition) is 5. The first-order chi connectivity index (χ1) is 7.29. The third kappa shape index (κ3) is 2.17. The first kappa shape index (κ1) is 9.74. The van der Waals surface area contributed by atoms with Crippen molar-refractivity contribution >= 4 is 11.8 Å². The van der Waals surface area contributed by atoms with Crippen LogP contribution in [0.1, 0.15) is 11.3 Å². The molecule has 0 saturated heterocycles. The lowest BCUT2D eigenvalue weighted by molar-refractivity contribution is 0.454. The van der Waals surface area contributed by atoms with Gasteiger partial charge in [0.1, 0.15) is 17.4 Å². The van der Waals surface area contributed by atoms with Crippen LogP contribution >= 0.6 is 11.8 Å². The van der Waals surface area contributed by atoms with E-state index in [9.17, 15) is 0 Å². The number of nitrogens with zero attached hydrogens (tertiary/aromatic N) is 3. The first-order valence-corrected chi connectivity index (χ1v) is 5.06. The molecule has 0 aromatic carbocycles. The molecule has 15 heavy (non-hydrogen) atoms. The van der Waals surface area contributed by atoms with E-state index in [0.29, 0.717) is 15.8 Å². The van der Waals surface area contributed by atoms with Gasteiger partial charge in [0.15, 0.2) is 0 Å². The lowest BCUT2D eigenvalue weighted by Gasteiger charge is -2.00. The summed E-state index contributed by atoms with van der Waals surface area (Å²) in [6.07, 6.45) is 3.05. The van der Waals surface area contributed by atoms with Crippen molar-refractivity contribution in [2.75, 3.05) is 0 Å². The zero-order chi connectivity index (χ0) is 10.7. The molecule has 0 N–H and O–H groups in total. The van der Waals surface area contributed by atoms with Gasteiger partial charge >= 0.3 is 0 Å². The summed E-state index contributed by atoms with van der Waals surface area (Å²) < 4.78 is 5.08. The van der Waals surface area contributed by atoms with Crippen LogP contribution in [0.3, 0.4) is 0 Å². The van der Waals surface area contributed by atoms with Crippen LogP contribution in [0.5, 0.6) is 0 Å². The second-order valence-electron chi connectivity index (χ2n) is 2.82. The second-order valence-corrected chi connectivity index (χ2v) is 3.76. The maximum Gasteiger partial charge on any atom is 0.262 e. The van der Waals surface area contributed by atoms with Crippen LogP contribution in [-0.4, -0.2) is 9.97 Å². The van der Waals surface area contributed by atoms with E-state index in [-0.39, 0.29) is 0 Å². The molecular formula is C10H7N3OS. The normalized spacial score (nSPS) is 9.87. The van der Waals surface area contributed by atoms with Crippen LogP contribution < -0.4 is 0 Å². The highest BCUT2D eigenvalue weighted by Crippen LogP contribution is 2.27. The van der Waals surface area contributed by atoms with Crippen molar-refractivity contribution in [1.29, 1.82) is 5.26 Å². The van der Waals surface area contributed by atoms with Crippen LogP contribution in [0, 0.1) is 18.3 Å². The summed E-state index contributed by atoms with van der Waals surface area (Å²) >= 11 is 1.25. The van der Waals surface area contributed by atoms with E-state index in [1.807, 2.05) is 6.92 Å². The molecule has 0 aliphatic heterocycles. The molecule has 0 aliphatic rings. The van der Waals surface area contributed by atoms with Crippen LogP contribution in [0.25, 0.3) is 0 Å². The fourth-order valence-electron chi connectivity index (χ4n) is 1.04. The van der Waals surface area contributed by atoms with Crippen molar-refractivity contribution in [3.63, 3.8) is 0 Å². The number of oxazole rings is 1. The number of aromatic nitrogens is 2. The molecule has 0 bridgehead atoms. The predicted octanol–water partition coefficient (Wildman–Crippen LogP) is 2.40. The van der Waals surface area contributed by atoms with E-state index in [1.165, 1.54) is 18.0 Å². The summed E-state index contributed by atoms with van der Waals surface area (Å²) in [5.41, 5.74) is 1.40. The van der Waals surface area contributed by atoms with Gasteiger partial charge in [0.05, 0.1) is 11.8 Å². The first-order valence-electron chi connectivity index (χ1n) is 4.24. The van der Waals surface area contributed by atoms with E-state index in [1.54, 1.807) is 18.3 Å². The Balaban J connectivity index is 2.35. The summed E-state index contributed by atoms with van der Waals surface area (Å²) in [6.45, 7) is 1.88. The third-order valence-electron chi connectivity index (χ3n) is 1.71. The quantitative estimate of drug-likeness (QED) is 0.772. The van der Waals surface area contributed by atoms with Gasteiger partial charge in [0.2, 0.25) is 0 Å². The molecule has 2 heterocycles. The van der Waals surface area contributed by atoms with Crippen molar-refractivity contribution in [3.8, 4) is 6.07 Å². The van der Waals surface area contributed by atoms with Gasteiger partial charge < -0.3 is 4.42 Å². The lowest BCUT2D eigenvalue weighted by Crippen LogP contribution is -1.89. The Morgan fingerprint density at radius 2 is 2.33 bits per heavy atom. The number of nitriles is 1. The van der Waals surface area contributed by atoms with Crippen LogP contribution in [0.4, 0.5) is 0 Å². The zero-order valence-corrected chi connectivity index (χ0v) is 8.78. The Hall–Kier alpha value is -1.80. The molecule has 5 heteroatoms. The maximum atomic E-state index is 8.88. The smallest absolute Gasteiger partial charge is 0.262 e. The summed E-state index contributed by atoms with van der Waals surface area (Å²) in [6, 6.07) is 5.63. The lowest BCUT2D eigenvalue weighted by atomic mass is 10.3. The van der Waals surface area contributed by atoms with Crippen molar-refractivity contribution in [2.24, 2.45) is 0 Å². The molecule has 0 fully saturated rings. The largest absolute Gasteiger partial charge is 0.440 e. The minimum atomic E-state index is 0.490. The Labute approximate surface area is 91.0 Å². The average molecular weight is 217 g/mol. The van der Waals surface area contributed by atoms with Gasteiger partial charge in [0.25, 0.3) is 5.22 Å². The van der Waals surface area contributed by atoms with Gasteiger partial charge in [0, 0.05) is 5.69 Å². The van der Waals surface area contributed by atoms with Crippen molar-refractivity contribution < 1.29 is 4.42 Å². The topological polar surface area (TPSA) is 62.7 Å². The third-order valence-corrected chi connectivity index (χ3v) is 2.59. The Bertz CT molecular complexity index is 502. The SMILES string of the molecule is Cc1ccc(C#N)c(Sc2ncco2)n1.